The minimum absolute atomic E-state index is 0.691. The van der Waals surface area contributed by atoms with E-state index in [0.29, 0.717) is 12.3 Å². The number of aldehydes is 1. The van der Waals surface area contributed by atoms with Crippen molar-refractivity contribution in [2.75, 3.05) is 19.5 Å². The van der Waals surface area contributed by atoms with E-state index in [1.165, 1.54) is 11.3 Å². The maximum atomic E-state index is 10.0. The van der Waals surface area contributed by atoms with Gasteiger partial charge in [-0.15, -0.1) is 11.8 Å². The molecule has 1 unspecified atom stereocenters. The van der Waals surface area contributed by atoms with Gasteiger partial charge in [0.25, 0.3) is 0 Å². The molecule has 1 atom stereocenters. The summed E-state index contributed by atoms with van der Waals surface area (Å²) in [5.41, 5.74) is 1.46. The van der Waals surface area contributed by atoms with E-state index in [1.807, 2.05) is 18.7 Å². The number of thioether (sulfide) groups is 1. The number of hydrogen-bond donors (Lipinski definition) is 0. The minimum atomic E-state index is 0.691. The van der Waals surface area contributed by atoms with Gasteiger partial charge in [-0.1, -0.05) is 12.5 Å². The predicted octanol–water partition coefficient (Wildman–Crippen LogP) is 2.89. The Morgan fingerprint density at radius 2 is 2.36 bits per heavy atom. The lowest BCUT2D eigenvalue weighted by atomic mass is 10.0. The zero-order chi connectivity index (χ0) is 10.8. The van der Waals surface area contributed by atoms with Crippen molar-refractivity contribution >= 4 is 18.0 Å². The van der Waals surface area contributed by atoms with Crippen LogP contribution < -0.4 is 0 Å². The second-order valence-electron chi connectivity index (χ2n) is 3.21. The molecule has 14 heavy (non-hydrogen) atoms. The monoisotopic (exact) mass is 216 g/mol. The number of allylic oxidation sites excluding steroid dienone is 1. The van der Waals surface area contributed by atoms with Crippen LogP contribution in [0, 0.1) is 5.92 Å². The maximum Gasteiger partial charge on any atom is 0.120 e. The molecule has 2 nitrogen and oxygen atoms in total. The minimum Gasteiger partial charge on any atom is -0.385 e. The molecular formula is C11H20O2S. The van der Waals surface area contributed by atoms with Crippen molar-refractivity contribution in [1.29, 1.82) is 0 Å². The Morgan fingerprint density at radius 3 is 2.71 bits per heavy atom. The molecule has 3 heteroatoms. The normalized spacial score (nSPS) is 19.6. The Kier molecular flexibility index (Phi) is 9.10. The van der Waals surface area contributed by atoms with Crippen LogP contribution in [0.3, 0.4) is 0 Å². The number of carbonyl (C=O) groups is 1. The quantitative estimate of drug-likeness (QED) is 0.676. The average Bonchev–Trinajstić information content (AvgIpc) is 2.61. The molecule has 0 saturated carbocycles. The predicted molar refractivity (Wildman–Crippen MR) is 62.6 cm³/mol. The molecule has 0 radical (unpaired) electrons. The zero-order valence-electron chi connectivity index (χ0n) is 9.29. The van der Waals surface area contributed by atoms with E-state index in [0.717, 1.165) is 19.3 Å². The molecule has 0 aromatic carbocycles. The molecule has 0 fully saturated rings. The van der Waals surface area contributed by atoms with Gasteiger partial charge in [0.05, 0.1) is 0 Å². The Bertz CT molecular complexity index is 176. The van der Waals surface area contributed by atoms with E-state index in [4.69, 9.17) is 0 Å². The highest BCUT2D eigenvalue weighted by molar-refractivity contribution is 8.02. The van der Waals surface area contributed by atoms with Crippen LogP contribution in [0.15, 0.2) is 11.0 Å². The van der Waals surface area contributed by atoms with Crippen LogP contribution in [-0.2, 0) is 9.53 Å². The third-order valence-corrected chi connectivity index (χ3v) is 3.22. The first-order chi connectivity index (χ1) is 6.76. The summed E-state index contributed by atoms with van der Waals surface area (Å²) in [7, 11) is 1.68. The van der Waals surface area contributed by atoms with Gasteiger partial charge in [0, 0.05) is 25.9 Å². The SMILES string of the molecule is CC1CSC=C1CCC=O.CCOC. The fourth-order valence-electron chi connectivity index (χ4n) is 1.05. The Morgan fingerprint density at radius 1 is 1.71 bits per heavy atom. The molecule has 1 aliphatic heterocycles. The van der Waals surface area contributed by atoms with E-state index in [2.05, 4.69) is 17.1 Å². The number of ether oxygens (including phenoxy) is 1. The van der Waals surface area contributed by atoms with E-state index in [1.54, 1.807) is 7.11 Å². The van der Waals surface area contributed by atoms with Crippen LogP contribution in [0.5, 0.6) is 0 Å². The Labute approximate surface area is 91.1 Å². The lowest BCUT2D eigenvalue weighted by molar-refractivity contribution is -0.107. The lowest BCUT2D eigenvalue weighted by Gasteiger charge is -2.04. The Balaban J connectivity index is 0.000000364. The number of hydrogen-bond acceptors (Lipinski definition) is 3. The third-order valence-electron chi connectivity index (χ3n) is 2.05. The zero-order valence-corrected chi connectivity index (χ0v) is 10.1. The van der Waals surface area contributed by atoms with Gasteiger partial charge in [0.1, 0.15) is 6.29 Å². The fraction of sp³-hybridized carbons (Fsp3) is 0.727. The molecule has 0 bridgehead atoms. The number of carbonyl (C=O) groups excluding carboxylic acids is 1. The van der Waals surface area contributed by atoms with Gasteiger partial charge < -0.3 is 9.53 Å². The highest BCUT2D eigenvalue weighted by atomic mass is 32.2. The summed E-state index contributed by atoms with van der Waals surface area (Å²) < 4.78 is 4.54. The summed E-state index contributed by atoms with van der Waals surface area (Å²) in [6.07, 6.45) is 2.66. The summed E-state index contributed by atoms with van der Waals surface area (Å²) in [5.74, 6) is 1.90. The maximum absolute atomic E-state index is 10.0. The van der Waals surface area contributed by atoms with Gasteiger partial charge >= 0.3 is 0 Å². The highest BCUT2D eigenvalue weighted by Gasteiger charge is 2.13. The molecule has 0 aliphatic carbocycles. The van der Waals surface area contributed by atoms with Crippen molar-refractivity contribution in [1.82, 2.24) is 0 Å². The molecule has 0 amide bonds. The van der Waals surface area contributed by atoms with Crippen molar-refractivity contribution in [2.24, 2.45) is 5.92 Å². The van der Waals surface area contributed by atoms with Crippen LogP contribution in [-0.4, -0.2) is 25.8 Å². The van der Waals surface area contributed by atoms with E-state index >= 15 is 0 Å². The first kappa shape index (κ1) is 13.7. The van der Waals surface area contributed by atoms with E-state index in [-0.39, 0.29) is 0 Å². The Hall–Kier alpha value is -0.280. The highest BCUT2D eigenvalue weighted by Crippen LogP contribution is 2.30. The molecule has 0 spiro atoms. The molecule has 0 N–H and O–H groups in total. The van der Waals surface area contributed by atoms with Crippen LogP contribution in [0.1, 0.15) is 26.7 Å². The van der Waals surface area contributed by atoms with Crippen molar-refractivity contribution in [3.05, 3.63) is 11.0 Å². The van der Waals surface area contributed by atoms with Crippen molar-refractivity contribution in [2.45, 2.75) is 26.7 Å². The second-order valence-corrected chi connectivity index (χ2v) is 4.11. The van der Waals surface area contributed by atoms with Gasteiger partial charge in [-0.25, -0.2) is 0 Å². The molecule has 0 aromatic heterocycles. The molecular weight excluding hydrogens is 196 g/mol. The van der Waals surface area contributed by atoms with Gasteiger partial charge in [-0.3, -0.25) is 0 Å². The van der Waals surface area contributed by atoms with E-state index in [9.17, 15) is 4.79 Å². The molecule has 0 saturated heterocycles. The summed E-state index contributed by atoms with van der Waals surface area (Å²) in [4.78, 5) is 10.0. The summed E-state index contributed by atoms with van der Waals surface area (Å²) in [6, 6.07) is 0. The molecule has 1 aliphatic rings. The van der Waals surface area contributed by atoms with Crippen molar-refractivity contribution in [3.63, 3.8) is 0 Å². The van der Waals surface area contributed by atoms with Gasteiger partial charge in [0.15, 0.2) is 0 Å². The van der Waals surface area contributed by atoms with Gasteiger partial charge in [-0.05, 0) is 24.7 Å². The number of methoxy groups -OCH3 is 1. The summed E-state index contributed by atoms with van der Waals surface area (Å²) in [6.45, 7) is 5.00. The first-order valence-electron chi connectivity index (χ1n) is 4.99. The standard InChI is InChI=1S/C8H12OS.C3H8O/c1-7-5-10-6-8(7)3-2-4-9;1-3-4-2/h4,6-7H,2-3,5H2,1H3;3H2,1-2H3. The molecule has 1 rings (SSSR count). The fourth-order valence-corrected chi connectivity index (χ4v) is 2.22. The average molecular weight is 216 g/mol. The lowest BCUT2D eigenvalue weighted by Crippen LogP contribution is -1.96. The van der Waals surface area contributed by atoms with Gasteiger partial charge in [-0.2, -0.15) is 0 Å². The van der Waals surface area contributed by atoms with Gasteiger partial charge in [0.2, 0.25) is 0 Å². The van der Waals surface area contributed by atoms with Crippen molar-refractivity contribution < 1.29 is 9.53 Å². The largest absolute Gasteiger partial charge is 0.385 e. The summed E-state index contributed by atoms with van der Waals surface area (Å²) in [5, 5.41) is 2.20. The number of rotatable bonds is 4. The second kappa shape index (κ2) is 9.28. The smallest absolute Gasteiger partial charge is 0.120 e. The summed E-state index contributed by atoms with van der Waals surface area (Å²) >= 11 is 1.86. The van der Waals surface area contributed by atoms with Crippen LogP contribution in [0.4, 0.5) is 0 Å². The molecule has 82 valence electrons. The van der Waals surface area contributed by atoms with Crippen LogP contribution in [0.25, 0.3) is 0 Å². The van der Waals surface area contributed by atoms with Crippen LogP contribution >= 0.6 is 11.8 Å². The molecule has 1 heterocycles. The first-order valence-corrected chi connectivity index (χ1v) is 6.04. The topological polar surface area (TPSA) is 26.3 Å². The molecule has 0 aromatic rings. The van der Waals surface area contributed by atoms with E-state index < -0.39 is 0 Å². The van der Waals surface area contributed by atoms with Crippen LogP contribution in [0.2, 0.25) is 0 Å². The third kappa shape index (κ3) is 6.22. The van der Waals surface area contributed by atoms with Crippen molar-refractivity contribution in [3.8, 4) is 0 Å².